The van der Waals surface area contributed by atoms with Gasteiger partial charge in [-0.25, -0.2) is 4.79 Å². The second-order valence-electron chi connectivity index (χ2n) is 6.13. The Kier molecular flexibility index (Phi) is 4.62. The van der Waals surface area contributed by atoms with Crippen LogP contribution in [-0.4, -0.2) is 39.9 Å². The minimum Gasteiger partial charge on any atom is -0.309 e. The van der Waals surface area contributed by atoms with Gasteiger partial charge in [-0.1, -0.05) is 48.5 Å². The fourth-order valence-electron chi connectivity index (χ4n) is 2.71. The summed E-state index contributed by atoms with van der Waals surface area (Å²) in [5.41, 5.74) is 2.76. The van der Waals surface area contributed by atoms with Crippen LogP contribution in [0.5, 0.6) is 0 Å². The second kappa shape index (κ2) is 6.84. The number of para-hydroxylation sites is 1. The van der Waals surface area contributed by atoms with Crippen LogP contribution in [0.4, 0.5) is 0 Å². The molecule has 3 rings (SSSR count). The Morgan fingerprint density at radius 2 is 1.67 bits per heavy atom. The molecular formula is C19H22N4O. The first-order valence-corrected chi connectivity index (χ1v) is 8.02. The molecule has 5 nitrogen and oxygen atoms in total. The van der Waals surface area contributed by atoms with E-state index in [0.29, 0.717) is 5.82 Å². The lowest BCUT2D eigenvalue weighted by atomic mass is 10.1. The average molecular weight is 322 g/mol. The Labute approximate surface area is 141 Å². The molecule has 0 aliphatic heterocycles. The molecule has 3 aromatic rings. The van der Waals surface area contributed by atoms with Crippen LogP contribution in [-0.2, 0) is 13.5 Å². The third kappa shape index (κ3) is 3.16. The van der Waals surface area contributed by atoms with Gasteiger partial charge in [-0.15, -0.1) is 5.10 Å². The van der Waals surface area contributed by atoms with Crippen molar-refractivity contribution in [1.82, 2.24) is 19.2 Å². The van der Waals surface area contributed by atoms with E-state index in [1.54, 1.807) is 11.6 Å². The number of likely N-dealkylation sites (N-methyl/N-ethyl adjacent to an activating group) is 1. The Morgan fingerprint density at radius 1 is 1.00 bits per heavy atom. The maximum atomic E-state index is 12.7. The topological polar surface area (TPSA) is 43.1 Å². The third-order valence-corrected chi connectivity index (χ3v) is 4.06. The van der Waals surface area contributed by atoms with E-state index in [2.05, 4.69) is 16.1 Å². The Morgan fingerprint density at radius 3 is 2.38 bits per heavy atom. The molecule has 0 saturated heterocycles. The van der Waals surface area contributed by atoms with Crippen molar-refractivity contribution in [2.24, 2.45) is 7.05 Å². The van der Waals surface area contributed by atoms with Crippen LogP contribution in [0, 0.1) is 0 Å². The first kappa shape index (κ1) is 16.2. The zero-order chi connectivity index (χ0) is 17.1. The number of aromatic nitrogens is 3. The maximum Gasteiger partial charge on any atom is 0.350 e. The lowest BCUT2D eigenvalue weighted by Gasteiger charge is -2.12. The van der Waals surface area contributed by atoms with E-state index >= 15 is 0 Å². The quantitative estimate of drug-likeness (QED) is 0.724. The second-order valence-corrected chi connectivity index (χ2v) is 6.13. The van der Waals surface area contributed by atoms with Crippen molar-refractivity contribution < 1.29 is 0 Å². The van der Waals surface area contributed by atoms with Crippen molar-refractivity contribution >= 4 is 0 Å². The van der Waals surface area contributed by atoms with Crippen LogP contribution in [0.15, 0.2) is 59.4 Å². The third-order valence-electron chi connectivity index (χ3n) is 4.06. The summed E-state index contributed by atoms with van der Waals surface area (Å²) < 4.78 is 3.10. The number of nitrogens with zero attached hydrogens (tertiary/aromatic N) is 4. The van der Waals surface area contributed by atoms with Crippen molar-refractivity contribution in [2.75, 3.05) is 20.6 Å². The van der Waals surface area contributed by atoms with Crippen LogP contribution < -0.4 is 5.69 Å². The summed E-state index contributed by atoms with van der Waals surface area (Å²) in [7, 11) is 5.85. The predicted octanol–water partition coefficient (Wildman–Crippen LogP) is 2.34. The van der Waals surface area contributed by atoms with Crippen LogP contribution >= 0.6 is 0 Å². The minimum absolute atomic E-state index is 0.133. The highest BCUT2D eigenvalue weighted by molar-refractivity contribution is 5.55. The normalized spacial score (nSPS) is 11.2. The highest BCUT2D eigenvalue weighted by Crippen LogP contribution is 2.18. The van der Waals surface area contributed by atoms with E-state index in [4.69, 9.17) is 0 Å². The molecule has 0 spiro atoms. The molecule has 0 saturated carbocycles. The molecule has 5 heteroatoms. The van der Waals surface area contributed by atoms with Gasteiger partial charge in [0, 0.05) is 19.2 Å². The SMILES string of the molecule is CN(C)CCc1ccccc1-n1nc(-c2ccccc2)n(C)c1=O. The molecule has 0 bridgehead atoms. The highest BCUT2D eigenvalue weighted by atomic mass is 16.2. The van der Waals surface area contributed by atoms with Gasteiger partial charge in [0.1, 0.15) is 0 Å². The maximum absolute atomic E-state index is 12.7. The minimum atomic E-state index is -0.133. The summed E-state index contributed by atoms with van der Waals surface area (Å²) in [6.07, 6.45) is 0.868. The molecule has 0 unspecified atom stereocenters. The molecule has 0 aliphatic carbocycles. The van der Waals surface area contributed by atoms with Crippen molar-refractivity contribution in [1.29, 1.82) is 0 Å². The fourth-order valence-corrected chi connectivity index (χ4v) is 2.71. The van der Waals surface area contributed by atoms with Gasteiger partial charge < -0.3 is 4.90 Å². The van der Waals surface area contributed by atoms with E-state index < -0.39 is 0 Å². The smallest absolute Gasteiger partial charge is 0.309 e. The van der Waals surface area contributed by atoms with Crippen molar-refractivity contribution in [2.45, 2.75) is 6.42 Å². The largest absolute Gasteiger partial charge is 0.350 e. The molecule has 1 aromatic heterocycles. The molecular weight excluding hydrogens is 300 g/mol. The molecule has 0 amide bonds. The van der Waals surface area contributed by atoms with Crippen LogP contribution in [0.25, 0.3) is 17.1 Å². The summed E-state index contributed by atoms with van der Waals surface area (Å²) in [4.78, 5) is 14.8. The van der Waals surface area contributed by atoms with E-state index in [1.165, 1.54) is 4.68 Å². The van der Waals surface area contributed by atoms with Crippen molar-refractivity contribution in [3.05, 3.63) is 70.6 Å². The van der Waals surface area contributed by atoms with E-state index in [0.717, 1.165) is 29.8 Å². The molecule has 0 aliphatic rings. The molecule has 2 aromatic carbocycles. The van der Waals surface area contributed by atoms with E-state index in [1.807, 2.05) is 62.6 Å². The zero-order valence-corrected chi connectivity index (χ0v) is 14.3. The molecule has 1 heterocycles. The van der Waals surface area contributed by atoms with Crippen molar-refractivity contribution in [3.8, 4) is 17.1 Å². The van der Waals surface area contributed by atoms with Gasteiger partial charge in [0.15, 0.2) is 5.82 Å². The first-order valence-electron chi connectivity index (χ1n) is 8.02. The first-order chi connectivity index (χ1) is 11.6. The molecule has 0 radical (unpaired) electrons. The lowest BCUT2D eigenvalue weighted by molar-refractivity contribution is 0.413. The van der Waals surface area contributed by atoms with E-state index in [9.17, 15) is 4.79 Å². The standard InChI is InChI=1S/C19H22N4O/c1-21(2)14-13-15-9-7-8-12-17(15)23-19(24)22(3)18(20-23)16-10-5-4-6-11-16/h4-12H,13-14H2,1-3H3. The Hall–Kier alpha value is -2.66. The predicted molar refractivity (Wildman–Crippen MR) is 96.5 cm³/mol. The number of hydrogen-bond acceptors (Lipinski definition) is 3. The van der Waals surface area contributed by atoms with Gasteiger partial charge in [-0.3, -0.25) is 4.57 Å². The lowest BCUT2D eigenvalue weighted by Crippen LogP contribution is -2.23. The monoisotopic (exact) mass is 322 g/mol. The van der Waals surface area contributed by atoms with Gasteiger partial charge in [0.2, 0.25) is 0 Å². The van der Waals surface area contributed by atoms with Gasteiger partial charge in [-0.05, 0) is 32.1 Å². The summed E-state index contributed by atoms with van der Waals surface area (Å²) >= 11 is 0. The fraction of sp³-hybridized carbons (Fsp3) is 0.263. The van der Waals surface area contributed by atoms with Gasteiger partial charge in [0.05, 0.1) is 5.69 Å². The van der Waals surface area contributed by atoms with Crippen molar-refractivity contribution in [3.63, 3.8) is 0 Å². The van der Waals surface area contributed by atoms with Crippen LogP contribution in [0.3, 0.4) is 0 Å². The Bertz CT molecular complexity index is 878. The van der Waals surface area contributed by atoms with Gasteiger partial charge in [0.25, 0.3) is 0 Å². The van der Waals surface area contributed by atoms with E-state index in [-0.39, 0.29) is 5.69 Å². The van der Waals surface area contributed by atoms with Crippen LogP contribution in [0.2, 0.25) is 0 Å². The zero-order valence-electron chi connectivity index (χ0n) is 14.3. The summed E-state index contributed by atoms with van der Waals surface area (Å²) in [6.45, 7) is 0.921. The summed E-state index contributed by atoms with van der Waals surface area (Å²) in [6, 6.07) is 17.7. The van der Waals surface area contributed by atoms with Crippen LogP contribution in [0.1, 0.15) is 5.56 Å². The number of benzene rings is 2. The molecule has 24 heavy (non-hydrogen) atoms. The number of hydrogen-bond donors (Lipinski definition) is 0. The van der Waals surface area contributed by atoms with Gasteiger partial charge in [-0.2, -0.15) is 4.68 Å². The summed E-state index contributed by atoms with van der Waals surface area (Å²) in [5, 5.41) is 4.59. The Balaban J connectivity index is 2.07. The summed E-state index contributed by atoms with van der Waals surface area (Å²) in [5.74, 6) is 0.669. The number of rotatable bonds is 5. The molecule has 0 atom stereocenters. The van der Waals surface area contributed by atoms with Gasteiger partial charge >= 0.3 is 5.69 Å². The average Bonchev–Trinajstić information content (AvgIpc) is 2.89. The molecule has 0 fully saturated rings. The molecule has 124 valence electrons. The highest BCUT2D eigenvalue weighted by Gasteiger charge is 2.15. The molecule has 0 N–H and O–H groups in total.